The predicted octanol–water partition coefficient (Wildman–Crippen LogP) is 2.52. The smallest absolute Gasteiger partial charge is 0.314 e. The van der Waals surface area contributed by atoms with Crippen LogP contribution in [0.4, 0.5) is 0 Å². The van der Waals surface area contributed by atoms with Crippen LogP contribution in [0.25, 0.3) is 0 Å². The van der Waals surface area contributed by atoms with Crippen molar-refractivity contribution in [3.63, 3.8) is 0 Å². The molecule has 0 atom stereocenters. The summed E-state index contributed by atoms with van der Waals surface area (Å²) in [5.41, 5.74) is 0. The maximum atomic E-state index is 8.12. The van der Waals surface area contributed by atoms with Crippen molar-refractivity contribution >= 4 is 34.1 Å². The molecular weight excluding hydrogens is 256 g/mol. The first-order valence-corrected chi connectivity index (χ1v) is 4.73. The average molecular weight is 263 g/mol. The Morgan fingerprint density at radius 3 is 2.15 bits per heavy atom. The van der Waals surface area contributed by atoms with Gasteiger partial charge < -0.3 is 4.18 Å². The number of hydrogen-bond donors (Lipinski definition) is 0. The summed E-state index contributed by atoms with van der Waals surface area (Å²) >= 11 is 4.71. The molecule has 0 N–H and O–H groups in total. The summed E-state index contributed by atoms with van der Waals surface area (Å²) in [7, 11) is 1.66. The average Bonchev–Trinajstić information content (AvgIpc) is 2.11. The molecule has 0 spiro atoms. The van der Waals surface area contributed by atoms with E-state index in [4.69, 9.17) is 13.8 Å². The largest absolute Gasteiger partial charge is 0.373 e. The summed E-state index contributed by atoms with van der Waals surface area (Å²) in [4.78, 5) is 17.4. The molecule has 1 rings (SSSR count). The van der Waals surface area contributed by atoms with E-state index in [2.05, 4.69) is 15.9 Å². The molecule has 0 aliphatic carbocycles. The Kier molecular flexibility index (Phi) is 7.63. The molecule has 0 aliphatic rings. The first-order valence-electron chi connectivity index (χ1n) is 3.20. The van der Waals surface area contributed by atoms with Crippen LogP contribution in [0.15, 0.2) is 33.6 Å². The SMILES string of the molecule is COSc1ccc(Br)cc1.O=C=O. The zero-order chi connectivity index (χ0) is 10.1. The van der Waals surface area contributed by atoms with E-state index >= 15 is 0 Å². The standard InChI is InChI=1S/C7H7BrOS.CO2/c1-9-10-7-4-2-6(8)3-5-7;2-1-3/h2-5H,1H3;. The second-order valence-corrected chi connectivity index (χ2v) is 3.67. The lowest BCUT2D eigenvalue weighted by molar-refractivity contribution is -0.191. The van der Waals surface area contributed by atoms with Crippen molar-refractivity contribution in [2.75, 3.05) is 7.11 Å². The van der Waals surface area contributed by atoms with Crippen LogP contribution in [0.1, 0.15) is 0 Å². The molecule has 13 heavy (non-hydrogen) atoms. The molecule has 70 valence electrons. The highest BCUT2D eigenvalue weighted by Gasteiger charge is 1.90. The second-order valence-electron chi connectivity index (χ2n) is 1.79. The van der Waals surface area contributed by atoms with Gasteiger partial charge in [-0.05, 0) is 24.3 Å². The second kappa shape index (κ2) is 8.01. The zero-order valence-electron chi connectivity index (χ0n) is 6.82. The van der Waals surface area contributed by atoms with Gasteiger partial charge >= 0.3 is 6.15 Å². The van der Waals surface area contributed by atoms with Crippen molar-refractivity contribution in [3.05, 3.63) is 28.7 Å². The quantitative estimate of drug-likeness (QED) is 0.769. The van der Waals surface area contributed by atoms with Crippen LogP contribution in [-0.2, 0) is 13.8 Å². The Balaban J connectivity index is 0.000000424. The lowest BCUT2D eigenvalue weighted by Crippen LogP contribution is -1.70. The van der Waals surface area contributed by atoms with Crippen LogP contribution in [0.5, 0.6) is 0 Å². The molecule has 0 saturated carbocycles. The van der Waals surface area contributed by atoms with Crippen LogP contribution in [-0.4, -0.2) is 13.3 Å². The zero-order valence-corrected chi connectivity index (χ0v) is 9.22. The van der Waals surface area contributed by atoms with Gasteiger partial charge in [-0.15, -0.1) is 0 Å². The van der Waals surface area contributed by atoms with E-state index in [0.29, 0.717) is 0 Å². The van der Waals surface area contributed by atoms with Crippen molar-refractivity contribution in [3.8, 4) is 0 Å². The molecule has 0 amide bonds. The van der Waals surface area contributed by atoms with E-state index in [1.165, 1.54) is 12.0 Å². The summed E-state index contributed by atoms with van der Waals surface area (Å²) in [6.45, 7) is 0. The fourth-order valence-corrected chi connectivity index (χ4v) is 1.29. The van der Waals surface area contributed by atoms with Crippen LogP contribution < -0.4 is 0 Å². The van der Waals surface area contributed by atoms with E-state index in [1.54, 1.807) is 7.11 Å². The van der Waals surface area contributed by atoms with Gasteiger partial charge in [0.05, 0.1) is 7.11 Å². The van der Waals surface area contributed by atoms with Crippen LogP contribution in [0, 0.1) is 0 Å². The van der Waals surface area contributed by atoms with Gasteiger partial charge in [-0.1, -0.05) is 15.9 Å². The number of carbonyl (C=O) groups excluding carboxylic acids is 2. The molecule has 1 aromatic carbocycles. The molecule has 5 heteroatoms. The van der Waals surface area contributed by atoms with Crippen LogP contribution in [0.3, 0.4) is 0 Å². The molecular formula is C8H7BrO3S. The van der Waals surface area contributed by atoms with E-state index in [0.717, 1.165) is 9.37 Å². The molecule has 0 unspecified atom stereocenters. The molecule has 0 radical (unpaired) electrons. The van der Waals surface area contributed by atoms with Gasteiger partial charge in [-0.25, -0.2) is 0 Å². The third kappa shape index (κ3) is 6.54. The minimum absolute atomic E-state index is 0.250. The third-order valence-corrected chi connectivity index (χ3v) is 2.15. The van der Waals surface area contributed by atoms with E-state index in [9.17, 15) is 0 Å². The minimum atomic E-state index is 0.250. The summed E-state index contributed by atoms with van der Waals surface area (Å²) in [6, 6.07) is 7.97. The number of benzene rings is 1. The Hall–Kier alpha value is -0.610. The monoisotopic (exact) mass is 262 g/mol. The van der Waals surface area contributed by atoms with Crippen molar-refractivity contribution in [1.82, 2.24) is 0 Å². The van der Waals surface area contributed by atoms with Gasteiger partial charge in [-0.3, -0.25) is 0 Å². The minimum Gasteiger partial charge on any atom is -0.314 e. The summed E-state index contributed by atoms with van der Waals surface area (Å²) in [5, 5.41) is 0. The molecule has 3 nitrogen and oxygen atoms in total. The van der Waals surface area contributed by atoms with Crippen molar-refractivity contribution in [2.45, 2.75) is 4.90 Å². The number of hydrogen-bond acceptors (Lipinski definition) is 4. The molecule has 0 bridgehead atoms. The highest BCUT2D eigenvalue weighted by Crippen LogP contribution is 2.19. The third-order valence-electron chi connectivity index (χ3n) is 0.993. The first kappa shape index (κ1) is 12.4. The number of rotatable bonds is 2. The normalized spacial score (nSPS) is 8.15. The Bertz CT molecular complexity index is 267. The fourth-order valence-electron chi connectivity index (χ4n) is 0.586. The Morgan fingerprint density at radius 1 is 1.31 bits per heavy atom. The Labute approximate surface area is 88.8 Å². The van der Waals surface area contributed by atoms with E-state index < -0.39 is 0 Å². The van der Waals surface area contributed by atoms with Crippen LogP contribution >= 0.6 is 28.0 Å². The van der Waals surface area contributed by atoms with E-state index in [-0.39, 0.29) is 6.15 Å². The summed E-state index contributed by atoms with van der Waals surface area (Å²) in [5.74, 6) is 0. The first-order chi connectivity index (χ1) is 6.24. The fraction of sp³-hybridized carbons (Fsp3) is 0.125. The van der Waals surface area contributed by atoms with Crippen LogP contribution in [0.2, 0.25) is 0 Å². The lowest BCUT2D eigenvalue weighted by Gasteiger charge is -1.95. The van der Waals surface area contributed by atoms with Crippen molar-refractivity contribution in [1.29, 1.82) is 0 Å². The van der Waals surface area contributed by atoms with Crippen molar-refractivity contribution in [2.24, 2.45) is 0 Å². The molecule has 0 aromatic heterocycles. The van der Waals surface area contributed by atoms with Gasteiger partial charge in [0.1, 0.15) is 0 Å². The molecule has 0 fully saturated rings. The van der Waals surface area contributed by atoms with E-state index in [1.807, 2.05) is 24.3 Å². The van der Waals surface area contributed by atoms with Gasteiger partial charge in [0.15, 0.2) is 0 Å². The van der Waals surface area contributed by atoms with Gasteiger partial charge in [0.25, 0.3) is 0 Å². The van der Waals surface area contributed by atoms with Gasteiger partial charge in [0, 0.05) is 21.4 Å². The molecule has 0 saturated heterocycles. The maximum Gasteiger partial charge on any atom is 0.373 e. The predicted molar refractivity (Wildman–Crippen MR) is 52.0 cm³/mol. The van der Waals surface area contributed by atoms with Crippen molar-refractivity contribution < 1.29 is 13.8 Å². The topological polar surface area (TPSA) is 43.4 Å². The molecule has 0 aliphatic heterocycles. The van der Waals surface area contributed by atoms with Gasteiger partial charge in [0.2, 0.25) is 0 Å². The van der Waals surface area contributed by atoms with Gasteiger partial charge in [-0.2, -0.15) is 9.59 Å². The summed E-state index contributed by atoms with van der Waals surface area (Å²) in [6.07, 6.45) is 0.250. The Morgan fingerprint density at radius 2 is 1.77 bits per heavy atom. The molecule has 0 heterocycles. The summed E-state index contributed by atoms with van der Waals surface area (Å²) < 4.78 is 5.96. The number of halogens is 1. The highest BCUT2D eigenvalue weighted by atomic mass is 79.9. The molecule has 1 aromatic rings. The maximum absolute atomic E-state index is 8.12. The highest BCUT2D eigenvalue weighted by molar-refractivity contribution is 9.10. The lowest BCUT2D eigenvalue weighted by atomic mass is 10.4.